The second-order valence-electron chi connectivity index (χ2n) is 6.30. The van der Waals surface area contributed by atoms with Gasteiger partial charge in [-0.2, -0.15) is 4.98 Å². The number of guanidine groups is 1. The largest absolute Gasteiger partial charge is 0.370 e. The van der Waals surface area contributed by atoms with Crippen molar-refractivity contribution in [1.82, 2.24) is 20.0 Å². The molecule has 3 heterocycles. The molecule has 1 aromatic carbocycles. The van der Waals surface area contributed by atoms with Crippen molar-refractivity contribution in [3.63, 3.8) is 0 Å². The molecule has 1 aliphatic heterocycles. The van der Waals surface area contributed by atoms with Crippen molar-refractivity contribution in [1.29, 1.82) is 0 Å². The van der Waals surface area contributed by atoms with E-state index >= 15 is 0 Å². The number of thiazole rings is 1. The molecule has 146 valence electrons. The number of hydrogen-bond acceptors (Lipinski definition) is 7. The Morgan fingerprint density at radius 3 is 2.89 bits per heavy atom. The van der Waals surface area contributed by atoms with Gasteiger partial charge in [0, 0.05) is 54.8 Å². The summed E-state index contributed by atoms with van der Waals surface area (Å²) in [5.74, 6) is 1.60. The van der Waals surface area contributed by atoms with Crippen molar-refractivity contribution >= 4 is 34.0 Å². The first-order valence-corrected chi connectivity index (χ1v) is 10.2. The first kappa shape index (κ1) is 18.7. The molecule has 0 spiro atoms. The monoisotopic (exact) mass is 417 g/mol. The van der Waals surface area contributed by atoms with Crippen LogP contribution in [0.15, 0.2) is 45.4 Å². The van der Waals surface area contributed by atoms with Crippen molar-refractivity contribution in [2.24, 2.45) is 10.7 Å². The third-order valence-electron chi connectivity index (χ3n) is 4.44. The minimum absolute atomic E-state index is 0.496. The van der Waals surface area contributed by atoms with Gasteiger partial charge < -0.3 is 20.1 Å². The maximum Gasteiger partial charge on any atom is 0.228 e. The van der Waals surface area contributed by atoms with Gasteiger partial charge in [0.2, 0.25) is 11.7 Å². The smallest absolute Gasteiger partial charge is 0.228 e. The second kappa shape index (κ2) is 8.57. The van der Waals surface area contributed by atoms with E-state index in [4.69, 9.17) is 21.9 Å². The zero-order chi connectivity index (χ0) is 19.3. The van der Waals surface area contributed by atoms with Crippen LogP contribution in [0.5, 0.6) is 0 Å². The van der Waals surface area contributed by atoms with Gasteiger partial charge in [0.15, 0.2) is 11.1 Å². The highest BCUT2D eigenvalue weighted by Gasteiger charge is 2.19. The minimum Gasteiger partial charge on any atom is -0.370 e. The standard InChI is InChI=1S/C18H20ClN7OS/c19-14-3-1-2-13(12-14)16-23-15(27-24-16)4-5-21-17(20)25-7-9-26(10-8-25)18-22-6-11-28-18/h1-3,6,11-12H,4-5,7-10H2,(H2,20,21). The number of nitrogens with two attached hydrogens (primary N) is 1. The van der Waals surface area contributed by atoms with Gasteiger partial charge in [-0.3, -0.25) is 4.99 Å². The van der Waals surface area contributed by atoms with E-state index < -0.39 is 0 Å². The number of piperazine rings is 1. The Labute approximate surface area is 171 Å². The summed E-state index contributed by atoms with van der Waals surface area (Å²) in [6.45, 7) is 3.92. The first-order valence-electron chi connectivity index (χ1n) is 8.97. The van der Waals surface area contributed by atoms with E-state index in [1.165, 1.54) is 0 Å². The molecule has 28 heavy (non-hydrogen) atoms. The Bertz CT molecular complexity index is 935. The van der Waals surface area contributed by atoms with Gasteiger partial charge in [-0.1, -0.05) is 28.9 Å². The molecule has 0 radical (unpaired) electrons. The van der Waals surface area contributed by atoms with E-state index in [1.54, 1.807) is 23.5 Å². The number of aliphatic imine (C=N–C) groups is 1. The van der Waals surface area contributed by atoms with Crippen LogP contribution in [-0.4, -0.2) is 58.7 Å². The molecule has 2 aromatic heterocycles. The lowest BCUT2D eigenvalue weighted by Crippen LogP contribution is -2.51. The molecule has 4 rings (SSSR count). The molecule has 3 aromatic rings. The van der Waals surface area contributed by atoms with Gasteiger partial charge in [0.25, 0.3) is 0 Å². The summed E-state index contributed by atoms with van der Waals surface area (Å²) in [6, 6.07) is 7.35. The summed E-state index contributed by atoms with van der Waals surface area (Å²) >= 11 is 7.66. The average molecular weight is 418 g/mol. The molecule has 1 aliphatic rings. The summed E-state index contributed by atoms with van der Waals surface area (Å²) in [5.41, 5.74) is 6.98. The zero-order valence-corrected chi connectivity index (χ0v) is 16.7. The first-order chi connectivity index (χ1) is 13.7. The summed E-state index contributed by atoms with van der Waals surface area (Å²) in [7, 11) is 0. The van der Waals surface area contributed by atoms with E-state index in [1.807, 2.05) is 23.7 Å². The van der Waals surface area contributed by atoms with E-state index in [-0.39, 0.29) is 0 Å². The predicted octanol–water partition coefficient (Wildman–Crippen LogP) is 2.53. The van der Waals surface area contributed by atoms with E-state index in [0.717, 1.165) is 36.9 Å². The van der Waals surface area contributed by atoms with Crippen molar-refractivity contribution in [2.75, 3.05) is 37.6 Å². The number of rotatable bonds is 5. The molecular weight excluding hydrogens is 398 g/mol. The van der Waals surface area contributed by atoms with Crippen LogP contribution in [0.4, 0.5) is 5.13 Å². The van der Waals surface area contributed by atoms with E-state index in [0.29, 0.717) is 35.7 Å². The highest BCUT2D eigenvalue weighted by Crippen LogP contribution is 2.20. The number of anilines is 1. The lowest BCUT2D eigenvalue weighted by atomic mass is 10.2. The van der Waals surface area contributed by atoms with Crippen LogP contribution in [0.1, 0.15) is 5.89 Å². The van der Waals surface area contributed by atoms with Crippen molar-refractivity contribution < 1.29 is 4.52 Å². The van der Waals surface area contributed by atoms with Crippen LogP contribution < -0.4 is 10.6 Å². The predicted molar refractivity (Wildman–Crippen MR) is 111 cm³/mol. The molecule has 8 nitrogen and oxygen atoms in total. The summed E-state index contributed by atoms with van der Waals surface area (Å²) in [5, 5.41) is 7.69. The molecule has 0 bridgehead atoms. The fourth-order valence-corrected chi connectivity index (χ4v) is 3.85. The van der Waals surface area contributed by atoms with Gasteiger partial charge in [0.1, 0.15) is 0 Å². The van der Waals surface area contributed by atoms with Crippen LogP contribution in [0.25, 0.3) is 11.4 Å². The molecule has 2 N–H and O–H groups in total. The fraction of sp³-hybridized carbons (Fsp3) is 0.333. The lowest BCUT2D eigenvalue weighted by Gasteiger charge is -2.35. The van der Waals surface area contributed by atoms with Crippen LogP contribution in [0.2, 0.25) is 5.02 Å². The summed E-state index contributed by atoms with van der Waals surface area (Å²) in [4.78, 5) is 17.6. The van der Waals surface area contributed by atoms with E-state index in [2.05, 4.69) is 29.9 Å². The van der Waals surface area contributed by atoms with Crippen LogP contribution in [0, 0.1) is 0 Å². The maximum atomic E-state index is 6.15. The van der Waals surface area contributed by atoms with Gasteiger partial charge in [-0.25, -0.2) is 4.98 Å². The highest BCUT2D eigenvalue weighted by molar-refractivity contribution is 7.13. The number of aromatic nitrogens is 3. The molecule has 0 unspecified atom stereocenters. The van der Waals surface area contributed by atoms with Crippen LogP contribution in [-0.2, 0) is 6.42 Å². The van der Waals surface area contributed by atoms with Gasteiger partial charge in [0.05, 0.1) is 6.54 Å². The summed E-state index contributed by atoms with van der Waals surface area (Å²) in [6.07, 6.45) is 2.37. The fourth-order valence-electron chi connectivity index (χ4n) is 2.97. The van der Waals surface area contributed by atoms with Gasteiger partial charge in [-0.15, -0.1) is 11.3 Å². The number of hydrogen-bond donors (Lipinski definition) is 1. The van der Waals surface area contributed by atoms with Crippen molar-refractivity contribution in [3.05, 3.63) is 46.8 Å². The Morgan fingerprint density at radius 1 is 1.29 bits per heavy atom. The lowest BCUT2D eigenvalue weighted by molar-refractivity contribution is 0.374. The zero-order valence-electron chi connectivity index (χ0n) is 15.2. The minimum atomic E-state index is 0.496. The topological polar surface area (TPSA) is 96.7 Å². The number of nitrogens with zero attached hydrogens (tertiary/aromatic N) is 6. The molecule has 10 heteroatoms. The highest BCUT2D eigenvalue weighted by atomic mass is 35.5. The molecular formula is C18H20ClN7OS. The van der Waals surface area contributed by atoms with Crippen LogP contribution >= 0.6 is 22.9 Å². The Balaban J connectivity index is 1.28. The van der Waals surface area contributed by atoms with Gasteiger partial charge >= 0.3 is 0 Å². The Kier molecular flexibility index (Phi) is 5.73. The average Bonchev–Trinajstić information content (AvgIpc) is 3.40. The SMILES string of the molecule is NC(=NCCc1nc(-c2cccc(Cl)c2)no1)N1CCN(c2nccs2)CC1. The normalized spacial score (nSPS) is 15.2. The summed E-state index contributed by atoms with van der Waals surface area (Å²) < 4.78 is 5.30. The molecule has 0 saturated carbocycles. The van der Waals surface area contributed by atoms with Crippen molar-refractivity contribution in [2.45, 2.75) is 6.42 Å². The molecule has 0 amide bonds. The third kappa shape index (κ3) is 4.42. The molecule has 0 atom stereocenters. The molecule has 1 fully saturated rings. The number of halogens is 1. The quantitative estimate of drug-likeness (QED) is 0.503. The third-order valence-corrected chi connectivity index (χ3v) is 5.51. The second-order valence-corrected chi connectivity index (χ2v) is 7.61. The Hall–Kier alpha value is -2.65. The van der Waals surface area contributed by atoms with E-state index in [9.17, 15) is 0 Å². The molecule has 1 saturated heterocycles. The molecule has 0 aliphatic carbocycles. The maximum absolute atomic E-state index is 6.15. The van der Waals surface area contributed by atoms with Gasteiger partial charge in [-0.05, 0) is 12.1 Å². The number of benzene rings is 1. The Morgan fingerprint density at radius 2 is 2.14 bits per heavy atom. The van der Waals surface area contributed by atoms with Crippen molar-refractivity contribution in [3.8, 4) is 11.4 Å². The van der Waals surface area contributed by atoms with Crippen LogP contribution in [0.3, 0.4) is 0 Å².